The molecular formula is C22H28FN5. The molecule has 2 aromatic rings. The number of halogens is 1. The molecule has 1 aromatic heterocycles. The quantitative estimate of drug-likeness (QED) is 0.639. The van der Waals surface area contributed by atoms with Gasteiger partial charge in [0.15, 0.2) is 5.96 Å². The summed E-state index contributed by atoms with van der Waals surface area (Å²) in [7, 11) is 0. The molecule has 1 aliphatic heterocycles. The van der Waals surface area contributed by atoms with Gasteiger partial charge in [0, 0.05) is 44.3 Å². The van der Waals surface area contributed by atoms with Gasteiger partial charge in [-0.2, -0.15) is 0 Å². The number of nitrogens with one attached hydrogen (secondary N) is 1. The van der Waals surface area contributed by atoms with Gasteiger partial charge in [0.05, 0.1) is 6.54 Å². The Hall–Kier alpha value is -2.63. The fourth-order valence-corrected chi connectivity index (χ4v) is 3.90. The minimum atomic E-state index is -0.123. The summed E-state index contributed by atoms with van der Waals surface area (Å²) in [6.45, 7) is 7.18. The van der Waals surface area contributed by atoms with Crippen LogP contribution in [0.1, 0.15) is 25.3 Å². The summed E-state index contributed by atoms with van der Waals surface area (Å²) >= 11 is 0. The summed E-state index contributed by atoms with van der Waals surface area (Å²) in [4.78, 5) is 14.0. The molecule has 2 heterocycles. The van der Waals surface area contributed by atoms with Crippen LogP contribution < -0.4 is 10.2 Å². The molecule has 148 valence electrons. The van der Waals surface area contributed by atoms with Crippen LogP contribution in [0.25, 0.3) is 0 Å². The van der Waals surface area contributed by atoms with E-state index in [-0.39, 0.29) is 11.2 Å². The Morgan fingerprint density at radius 2 is 1.86 bits per heavy atom. The number of piperazine rings is 1. The van der Waals surface area contributed by atoms with E-state index in [0.717, 1.165) is 62.9 Å². The zero-order chi connectivity index (χ0) is 19.4. The molecule has 0 unspecified atom stereocenters. The number of nitrogens with zero attached hydrogens (tertiary/aromatic N) is 4. The Labute approximate surface area is 166 Å². The van der Waals surface area contributed by atoms with E-state index in [1.54, 1.807) is 12.1 Å². The van der Waals surface area contributed by atoms with Gasteiger partial charge in [-0.15, -0.1) is 0 Å². The number of hydrogen-bond acceptors (Lipinski definition) is 3. The fourth-order valence-electron chi connectivity index (χ4n) is 3.90. The van der Waals surface area contributed by atoms with Gasteiger partial charge in [-0.3, -0.25) is 4.99 Å². The zero-order valence-corrected chi connectivity index (χ0v) is 16.4. The number of hydrogen-bond donors (Lipinski definition) is 1. The van der Waals surface area contributed by atoms with E-state index in [1.807, 2.05) is 30.5 Å². The van der Waals surface area contributed by atoms with Crippen molar-refractivity contribution in [3.63, 3.8) is 0 Å². The molecule has 2 fully saturated rings. The molecule has 4 rings (SSSR count). The first-order valence-electron chi connectivity index (χ1n) is 10.2. The van der Waals surface area contributed by atoms with Crippen LogP contribution in [0.5, 0.6) is 0 Å². The summed E-state index contributed by atoms with van der Waals surface area (Å²) in [5.41, 5.74) is 0.691. The van der Waals surface area contributed by atoms with E-state index < -0.39 is 0 Å². The summed E-state index contributed by atoms with van der Waals surface area (Å²) in [6.07, 6.45) is 3.85. The Morgan fingerprint density at radius 3 is 2.50 bits per heavy atom. The summed E-state index contributed by atoms with van der Waals surface area (Å²) in [6, 6.07) is 13.2. The SMILES string of the molecule is CCNC(=NCC1(c2ccccc2F)CC1)N1CCN(c2ccccn2)CC1. The maximum absolute atomic E-state index is 14.3. The van der Waals surface area contributed by atoms with Crippen LogP contribution in [0.3, 0.4) is 0 Å². The Bertz CT molecular complexity index is 811. The first-order chi connectivity index (χ1) is 13.7. The molecule has 1 aliphatic carbocycles. The van der Waals surface area contributed by atoms with Crippen molar-refractivity contribution in [1.82, 2.24) is 15.2 Å². The van der Waals surface area contributed by atoms with Gasteiger partial charge in [0.1, 0.15) is 11.6 Å². The minimum absolute atomic E-state index is 0.107. The van der Waals surface area contributed by atoms with Crippen LogP contribution in [-0.4, -0.2) is 55.1 Å². The maximum Gasteiger partial charge on any atom is 0.194 e. The van der Waals surface area contributed by atoms with E-state index in [0.29, 0.717) is 6.54 Å². The average Bonchev–Trinajstić information content (AvgIpc) is 3.53. The van der Waals surface area contributed by atoms with Crippen molar-refractivity contribution in [1.29, 1.82) is 0 Å². The minimum Gasteiger partial charge on any atom is -0.357 e. The Kier molecular flexibility index (Phi) is 5.46. The lowest BCUT2D eigenvalue weighted by molar-refractivity contribution is 0.370. The van der Waals surface area contributed by atoms with Gasteiger partial charge in [0.2, 0.25) is 0 Å². The number of anilines is 1. The topological polar surface area (TPSA) is 43.8 Å². The number of benzene rings is 1. The van der Waals surface area contributed by atoms with Gasteiger partial charge in [-0.25, -0.2) is 9.37 Å². The number of aliphatic imine (C=N–C) groups is 1. The summed E-state index contributed by atoms with van der Waals surface area (Å²) in [5, 5.41) is 3.42. The molecule has 0 spiro atoms. The maximum atomic E-state index is 14.3. The first-order valence-corrected chi connectivity index (χ1v) is 10.2. The average molecular weight is 381 g/mol. The number of rotatable bonds is 5. The predicted molar refractivity (Wildman–Crippen MR) is 111 cm³/mol. The largest absolute Gasteiger partial charge is 0.357 e. The van der Waals surface area contributed by atoms with Crippen molar-refractivity contribution in [3.05, 3.63) is 60.0 Å². The van der Waals surface area contributed by atoms with Crippen molar-refractivity contribution in [2.75, 3.05) is 44.2 Å². The number of guanidine groups is 1. The highest BCUT2D eigenvalue weighted by Crippen LogP contribution is 2.49. The zero-order valence-electron chi connectivity index (χ0n) is 16.4. The molecule has 1 aromatic carbocycles. The van der Waals surface area contributed by atoms with E-state index in [9.17, 15) is 4.39 Å². The molecule has 0 amide bonds. The number of pyridine rings is 1. The standard InChI is InChI=1S/C22H28FN5/c1-2-24-21(26-17-22(10-11-22)18-7-3-4-8-19(18)23)28-15-13-27(14-16-28)20-9-5-6-12-25-20/h3-9,12H,2,10-11,13-17H2,1H3,(H,24,26). The lowest BCUT2D eigenvalue weighted by Crippen LogP contribution is -2.53. The second kappa shape index (κ2) is 8.17. The third-order valence-corrected chi connectivity index (χ3v) is 5.72. The van der Waals surface area contributed by atoms with E-state index >= 15 is 0 Å². The predicted octanol–water partition coefficient (Wildman–Crippen LogP) is 3.04. The van der Waals surface area contributed by atoms with Crippen molar-refractivity contribution in [3.8, 4) is 0 Å². The van der Waals surface area contributed by atoms with Gasteiger partial charge in [0.25, 0.3) is 0 Å². The van der Waals surface area contributed by atoms with Crippen LogP contribution in [0.4, 0.5) is 10.2 Å². The molecular weight excluding hydrogens is 353 g/mol. The van der Waals surface area contributed by atoms with Crippen LogP contribution >= 0.6 is 0 Å². The highest BCUT2D eigenvalue weighted by atomic mass is 19.1. The van der Waals surface area contributed by atoms with E-state index in [1.165, 1.54) is 0 Å². The molecule has 1 saturated carbocycles. The molecule has 5 nitrogen and oxygen atoms in total. The summed E-state index contributed by atoms with van der Waals surface area (Å²) in [5.74, 6) is 1.86. The normalized spacial score (nSPS) is 18.9. The van der Waals surface area contributed by atoms with Crippen molar-refractivity contribution >= 4 is 11.8 Å². The van der Waals surface area contributed by atoms with Crippen LogP contribution in [0, 0.1) is 5.82 Å². The molecule has 6 heteroatoms. The van der Waals surface area contributed by atoms with Gasteiger partial charge in [-0.05, 0) is 43.5 Å². The molecule has 0 atom stereocenters. The van der Waals surface area contributed by atoms with Gasteiger partial charge >= 0.3 is 0 Å². The van der Waals surface area contributed by atoms with Gasteiger partial charge in [-0.1, -0.05) is 24.3 Å². The van der Waals surface area contributed by atoms with Crippen molar-refractivity contribution in [2.24, 2.45) is 4.99 Å². The molecule has 1 saturated heterocycles. The van der Waals surface area contributed by atoms with Crippen molar-refractivity contribution < 1.29 is 4.39 Å². The second-order valence-corrected chi connectivity index (χ2v) is 7.59. The molecule has 1 N–H and O–H groups in total. The van der Waals surface area contributed by atoms with Gasteiger partial charge < -0.3 is 15.1 Å². The summed E-state index contributed by atoms with van der Waals surface area (Å²) < 4.78 is 14.3. The first kappa shape index (κ1) is 18.7. The van der Waals surface area contributed by atoms with E-state index in [4.69, 9.17) is 4.99 Å². The lowest BCUT2D eigenvalue weighted by Gasteiger charge is -2.37. The van der Waals surface area contributed by atoms with Crippen LogP contribution in [0.2, 0.25) is 0 Å². The molecule has 0 radical (unpaired) electrons. The second-order valence-electron chi connectivity index (χ2n) is 7.59. The Balaban J connectivity index is 1.43. The van der Waals surface area contributed by atoms with Crippen molar-refractivity contribution in [2.45, 2.75) is 25.2 Å². The smallest absolute Gasteiger partial charge is 0.194 e. The lowest BCUT2D eigenvalue weighted by atomic mass is 9.95. The Morgan fingerprint density at radius 1 is 1.11 bits per heavy atom. The van der Waals surface area contributed by atoms with Crippen LogP contribution in [0.15, 0.2) is 53.7 Å². The third kappa shape index (κ3) is 3.96. The van der Waals surface area contributed by atoms with E-state index in [2.05, 4.69) is 33.1 Å². The highest BCUT2D eigenvalue weighted by molar-refractivity contribution is 5.80. The molecule has 2 aliphatic rings. The molecule has 0 bridgehead atoms. The van der Waals surface area contributed by atoms with Crippen LogP contribution in [-0.2, 0) is 5.41 Å². The highest BCUT2D eigenvalue weighted by Gasteiger charge is 2.46. The third-order valence-electron chi connectivity index (χ3n) is 5.72. The monoisotopic (exact) mass is 381 g/mol. The fraction of sp³-hybridized carbons (Fsp3) is 0.455. The molecule has 28 heavy (non-hydrogen) atoms. The number of aromatic nitrogens is 1.